The average molecular weight is 571 g/mol. The third-order valence-electron chi connectivity index (χ3n) is 7.69. The third-order valence-corrected chi connectivity index (χ3v) is 21.8. The van der Waals surface area contributed by atoms with Gasteiger partial charge in [0.25, 0.3) is 0 Å². The van der Waals surface area contributed by atoms with Gasteiger partial charge in [-0.3, -0.25) is 0 Å². The van der Waals surface area contributed by atoms with Gasteiger partial charge in [0, 0.05) is 0 Å². The summed E-state index contributed by atoms with van der Waals surface area (Å²) in [5.41, 5.74) is 6.90. The van der Waals surface area contributed by atoms with Gasteiger partial charge in [-0.15, -0.1) is 0 Å². The molecule has 0 N–H and O–H groups in total. The van der Waals surface area contributed by atoms with Crippen molar-refractivity contribution in [3.05, 3.63) is 119 Å². The first kappa shape index (κ1) is 24.2. The number of ketones is 1. The molecule has 0 saturated heterocycles. The summed E-state index contributed by atoms with van der Waals surface area (Å²) < 4.78 is 7.82. The number of hydrogen-bond donors (Lipinski definition) is 0. The van der Waals surface area contributed by atoms with Gasteiger partial charge in [-0.25, -0.2) is 0 Å². The van der Waals surface area contributed by atoms with E-state index in [2.05, 4.69) is 99.3 Å². The van der Waals surface area contributed by atoms with Gasteiger partial charge in [0.15, 0.2) is 0 Å². The van der Waals surface area contributed by atoms with E-state index in [1.165, 1.54) is 57.1 Å². The van der Waals surface area contributed by atoms with E-state index in [1.807, 2.05) is 12.1 Å². The number of rotatable bonds is 9. The summed E-state index contributed by atoms with van der Waals surface area (Å²) in [5.74, 6) is 0.312. The van der Waals surface area contributed by atoms with Crippen molar-refractivity contribution in [1.82, 2.24) is 5.58 Å². The summed E-state index contributed by atoms with van der Waals surface area (Å²) in [7, 11) is 0. The molecule has 0 amide bonds. The molecule has 1 atom stereocenters. The first-order chi connectivity index (χ1) is 17.1. The molecule has 3 nitrogen and oxygen atoms in total. The zero-order valence-corrected chi connectivity index (χ0v) is 24.1. The summed E-state index contributed by atoms with van der Waals surface area (Å²) >= 11 is -3.30. The summed E-state index contributed by atoms with van der Waals surface area (Å²) in [6.07, 6.45) is 7.13. The number of benzene rings is 2. The molecule has 5 rings (SSSR count). The van der Waals surface area contributed by atoms with Gasteiger partial charge in [-0.2, -0.15) is 0 Å². The Bertz CT molecular complexity index is 1290. The van der Waals surface area contributed by atoms with Gasteiger partial charge in [0.2, 0.25) is 0 Å². The van der Waals surface area contributed by atoms with Crippen LogP contribution in [0.3, 0.4) is 0 Å². The van der Waals surface area contributed by atoms with Crippen LogP contribution in [-0.2, 0) is 0 Å². The van der Waals surface area contributed by atoms with E-state index in [-0.39, 0.29) is 11.7 Å². The Morgan fingerprint density at radius 1 is 0.800 bits per heavy atom. The molecule has 2 aromatic heterocycles. The van der Waals surface area contributed by atoms with Gasteiger partial charge in [0.1, 0.15) is 0 Å². The van der Waals surface area contributed by atoms with Crippen LogP contribution in [0.4, 0.5) is 0 Å². The monoisotopic (exact) mass is 572 g/mol. The molecule has 4 heteroatoms. The predicted molar refractivity (Wildman–Crippen MR) is 147 cm³/mol. The SMILES string of the molecule is CCC[CH2][Sn]1([CH2]CCC)[n]2cccc2C(c2ccccc2)c2ccc(C(=O)c3ccc(C)cc3)[n]21. The van der Waals surface area contributed by atoms with Crippen LogP contribution in [0.2, 0.25) is 8.87 Å². The Morgan fingerprint density at radius 3 is 2.14 bits per heavy atom. The van der Waals surface area contributed by atoms with Crippen molar-refractivity contribution in [2.75, 3.05) is 0 Å². The van der Waals surface area contributed by atoms with Crippen LogP contribution in [0, 0.1) is 6.92 Å². The van der Waals surface area contributed by atoms with Crippen LogP contribution in [0.5, 0.6) is 0 Å². The van der Waals surface area contributed by atoms with Gasteiger partial charge in [-0.1, -0.05) is 0 Å². The molecular formula is C31H36N2OSn. The van der Waals surface area contributed by atoms with E-state index in [9.17, 15) is 4.79 Å². The standard InChI is InChI=1S/C23H19N2O.2C4H9.Sn/c1-16-9-11-18(12-10-16)23(26)21-14-13-20(25-21)22(19-8-5-15-24-19)17-6-3-2-4-7-17;2*1-3-4-2;/h2-15,22H,1H3,(H,25,26);2*1,3-4H2,2H3;/q-1;;;+2/p-1. The number of carbonyl (C=O) groups is 1. The van der Waals surface area contributed by atoms with Crippen molar-refractivity contribution < 1.29 is 4.79 Å². The Hall–Kier alpha value is -2.53. The van der Waals surface area contributed by atoms with Crippen LogP contribution in [0.25, 0.3) is 0 Å². The number of nitrogens with zero attached hydrogens (tertiary/aromatic N) is 2. The zero-order chi connectivity index (χ0) is 24.4. The van der Waals surface area contributed by atoms with Crippen LogP contribution in [0.1, 0.15) is 84.0 Å². The molecular weight excluding hydrogens is 535 g/mol. The number of carbonyl (C=O) groups excluding carboxylic acids is 1. The fraction of sp³-hybridized carbons (Fsp3) is 0.323. The first-order valence-electron chi connectivity index (χ1n) is 13.2. The van der Waals surface area contributed by atoms with Crippen LogP contribution >= 0.6 is 0 Å². The van der Waals surface area contributed by atoms with E-state index in [0.717, 1.165) is 11.3 Å². The molecule has 0 bridgehead atoms. The predicted octanol–water partition coefficient (Wildman–Crippen LogP) is 7.76. The third kappa shape index (κ3) is 4.22. The summed E-state index contributed by atoms with van der Waals surface area (Å²) in [6.45, 7) is 6.66. The fourth-order valence-corrected chi connectivity index (χ4v) is 21.9. The van der Waals surface area contributed by atoms with E-state index in [0.29, 0.717) is 0 Å². The summed E-state index contributed by atoms with van der Waals surface area (Å²) in [5, 5.41) is 0. The Balaban J connectivity index is 1.76. The Morgan fingerprint density at radius 2 is 1.49 bits per heavy atom. The van der Waals surface area contributed by atoms with Crippen molar-refractivity contribution in [3.63, 3.8) is 0 Å². The molecule has 3 heterocycles. The maximum atomic E-state index is 14.0. The van der Waals surface area contributed by atoms with Gasteiger partial charge in [0.05, 0.1) is 0 Å². The van der Waals surface area contributed by atoms with Gasteiger partial charge in [-0.05, 0) is 0 Å². The number of aryl methyl sites for hydroxylation is 1. The summed E-state index contributed by atoms with van der Waals surface area (Å²) in [4.78, 5) is 14.0. The molecule has 0 fully saturated rings. The molecule has 0 aliphatic carbocycles. The fourth-order valence-electron chi connectivity index (χ4n) is 5.94. The molecule has 0 spiro atoms. The maximum absolute atomic E-state index is 14.0. The number of hydrogen-bond acceptors (Lipinski definition) is 1. The normalized spacial score (nSPS) is 16.0. The summed E-state index contributed by atoms with van der Waals surface area (Å²) in [6, 6.07) is 27.9. The molecule has 2 aromatic carbocycles. The van der Waals surface area contributed by atoms with Crippen molar-refractivity contribution in [1.29, 1.82) is 0 Å². The number of fused-ring (bicyclic) bond motifs is 2. The zero-order valence-electron chi connectivity index (χ0n) is 21.2. The molecule has 0 radical (unpaired) electrons. The minimum atomic E-state index is -3.30. The van der Waals surface area contributed by atoms with Crippen LogP contribution in [-0.4, -0.2) is 30.3 Å². The molecule has 180 valence electrons. The van der Waals surface area contributed by atoms with Gasteiger partial charge < -0.3 is 0 Å². The van der Waals surface area contributed by atoms with Gasteiger partial charge >= 0.3 is 215 Å². The van der Waals surface area contributed by atoms with Crippen LogP contribution in [0.15, 0.2) is 85.1 Å². The molecule has 1 aliphatic rings. The Labute approximate surface area is 214 Å². The number of unbranched alkanes of at least 4 members (excludes halogenated alkanes) is 2. The van der Waals surface area contributed by atoms with E-state index < -0.39 is 18.9 Å². The van der Waals surface area contributed by atoms with E-state index in [1.54, 1.807) is 0 Å². The quantitative estimate of drug-likeness (QED) is 0.149. The molecule has 35 heavy (non-hydrogen) atoms. The number of aromatic nitrogens is 2. The van der Waals surface area contributed by atoms with Crippen molar-refractivity contribution in [2.45, 2.75) is 61.2 Å². The molecule has 1 aliphatic heterocycles. The minimum absolute atomic E-state index is 0.152. The van der Waals surface area contributed by atoms with E-state index >= 15 is 0 Å². The van der Waals surface area contributed by atoms with Crippen molar-refractivity contribution in [3.8, 4) is 0 Å². The second-order valence-corrected chi connectivity index (χ2v) is 21.1. The Kier molecular flexibility index (Phi) is 7.06. The second kappa shape index (κ2) is 10.2. The molecule has 1 unspecified atom stereocenters. The molecule has 0 saturated carbocycles. The van der Waals surface area contributed by atoms with Crippen molar-refractivity contribution >= 4 is 24.7 Å². The second-order valence-electron chi connectivity index (χ2n) is 10.0. The van der Waals surface area contributed by atoms with E-state index in [4.69, 9.17) is 0 Å². The average Bonchev–Trinajstić information content (AvgIpc) is 3.55. The van der Waals surface area contributed by atoms with Crippen molar-refractivity contribution in [2.24, 2.45) is 0 Å². The first-order valence-corrected chi connectivity index (χ1v) is 19.8. The topological polar surface area (TPSA) is 26.9 Å². The van der Waals surface area contributed by atoms with Crippen LogP contribution < -0.4 is 0 Å². The molecule has 4 aromatic rings.